The van der Waals surface area contributed by atoms with Crippen LogP contribution < -0.4 is 0 Å². The van der Waals surface area contributed by atoms with Crippen molar-refractivity contribution in [1.82, 2.24) is 0 Å². The summed E-state index contributed by atoms with van der Waals surface area (Å²) < 4.78 is 15.7. The topological polar surface area (TPSA) is 29.4 Å². The van der Waals surface area contributed by atoms with Crippen molar-refractivity contribution in [2.75, 3.05) is 0 Å². The Bertz CT molecular complexity index is 428. The molecule has 0 aromatic carbocycles. The van der Waals surface area contributed by atoms with Crippen LogP contribution in [-0.2, 0) is 11.0 Å². The van der Waals surface area contributed by atoms with Gasteiger partial charge in [-0.3, -0.25) is 0 Å². The molecule has 0 N–H and O–H groups in total. The molecule has 0 aliphatic heterocycles. The third kappa shape index (κ3) is 6.00. The summed E-state index contributed by atoms with van der Waals surface area (Å²) in [5, 5.41) is 0. The first-order chi connectivity index (χ1) is 9.96. The van der Waals surface area contributed by atoms with Crippen LogP contribution in [-0.4, -0.2) is 23.2 Å². The zero-order valence-corrected chi connectivity index (χ0v) is 17.8. The van der Waals surface area contributed by atoms with Crippen molar-refractivity contribution >= 4 is 25.3 Å². The zero-order valence-electron chi connectivity index (χ0n) is 16.0. The fraction of sp³-hybridized carbons (Fsp3) is 0.833. The Morgan fingerprint density at radius 3 is 1.86 bits per heavy atom. The number of rotatable bonds is 6. The van der Waals surface area contributed by atoms with E-state index < -0.39 is 19.1 Å². The molecule has 0 saturated heterocycles. The van der Waals surface area contributed by atoms with E-state index in [0.717, 1.165) is 12.8 Å². The van der Waals surface area contributed by atoms with Crippen LogP contribution in [0.25, 0.3) is 0 Å². The molecule has 0 aliphatic rings. The van der Waals surface area contributed by atoms with E-state index in [1.165, 1.54) is 0 Å². The second-order valence-electron chi connectivity index (χ2n) is 7.89. The summed E-state index contributed by atoms with van der Waals surface area (Å²) in [4.78, 5) is 0. The largest absolute Gasteiger partial charge is 0.234 e. The van der Waals surface area contributed by atoms with Crippen molar-refractivity contribution in [3.8, 4) is 11.5 Å². The monoisotopic (exact) mass is 341 g/mol. The molecule has 0 amide bonds. The molecular weight excluding hydrogens is 306 g/mol. The summed E-state index contributed by atoms with van der Waals surface area (Å²) in [6.07, 6.45) is 3.37. The summed E-state index contributed by atoms with van der Waals surface area (Å²) in [5.41, 5.74) is 5.71. The zero-order chi connectivity index (χ0) is 17.6. The minimum Gasteiger partial charge on any atom is -0.234 e. The van der Waals surface area contributed by atoms with Gasteiger partial charge in [0, 0.05) is 12.6 Å². The first-order valence-electron chi connectivity index (χ1n) is 8.40. The maximum Gasteiger partial charge on any atom is 0.145 e. The van der Waals surface area contributed by atoms with Crippen LogP contribution in [0.5, 0.6) is 0 Å². The molecule has 4 heteroatoms. The highest BCUT2D eigenvalue weighted by molar-refractivity contribution is 7.85. The first kappa shape index (κ1) is 21.6. The van der Waals surface area contributed by atoms with E-state index in [2.05, 4.69) is 57.4 Å². The molecule has 1 unspecified atom stereocenters. The predicted octanol–water partition coefficient (Wildman–Crippen LogP) is 5.52. The lowest BCUT2D eigenvalue weighted by Gasteiger charge is -2.38. The highest BCUT2D eigenvalue weighted by Crippen LogP contribution is 2.40. The van der Waals surface area contributed by atoms with E-state index in [1.54, 1.807) is 6.21 Å². The van der Waals surface area contributed by atoms with Crippen molar-refractivity contribution in [2.45, 2.75) is 96.5 Å². The Balaban J connectivity index is 4.80. The molecule has 0 rings (SSSR count). The van der Waals surface area contributed by atoms with Crippen LogP contribution in [0.15, 0.2) is 4.40 Å². The van der Waals surface area contributed by atoms with E-state index in [9.17, 15) is 4.21 Å². The van der Waals surface area contributed by atoms with Crippen molar-refractivity contribution in [3.05, 3.63) is 0 Å². The standard InChI is InChI=1S/C18H35NOSSi/c1-15(2)22(16(3)4,17(5)6)14-12-10-11-13-19-21(20)18(7,8)9/h13,15-17H,10-11H2,1-9H3. The smallest absolute Gasteiger partial charge is 0.145 e. The van der Waals surface area contributed by atoms with Crippen molar-refractivity contribution in [1.29, 1.82) is 0 Å². The maximum absolute atomic E-state index is 11.8. The molecule has 0 spiro atoms. The molecule has 0 aromatic heterocycles. The van der Waals surface area contributed by atoms with Crippen LogP contribution in [0.3, 0.4) is 0 Å². The molecule has 0 bridgehead atoms. The van der Waals surface area contributed by atoms with Gasteiger partial charge in [-0.05, 0) is 43.8 Å². The van der Waals surface area contributed by atoms with Gasteiger partial charge in [-0.25, -0.2) is 4.21 Å². The predicted molar refractivity (Wildman–Crippen MR) is 104 cm³/mol. The maximum atomic E-state index is 11.8. The molecule has 0 fully saturated rings. The lowest BCUT2D eigenvalue weighted by molar-refractivity contribution is 0.650. The quantitative estimate of drug-likeness (QED) is 0.271. The van der Waals surface area contributed by atoms with E-state index in [4.69, 9.17) is 0 Å². The third-order valence-electron chi connectivity index (χ3n) is 4.26. The van der Waals surface area contributed by atoms with Gasteiger partial charge in [0.25, 0.3) is 0 Å². The molecule has 0 saturated carbocycles. The van der Waals surface area contributed by atoms with Gasteiger partial charge in [0.1, 0.15) is 19.1 Å². The average molecular weight is 342 g/mol. The Morgan fingerprint density at radius 2 is 1.50 bits per heavy atom. The Labute approximate surface area is 142 Å². The van der Waals surface area contributed by atoms with Crippen molar-refractivity contribution in [3.63, 3.8) is 0 Å². The molecule has 128 valence electrons. The lowest BCUT2D eigenvalue weighted by atomic mass is 10.3. The van der Waals surface area contributed by atoms with Crippen LogP contribution >= 0.6 is 0 Å². The highest BCUT2D eigenvalue weighted by Gasteiger charge is 2.41. The van der Waals surface area contributed by atoms with Gasteiger partial charge >= 0.3 is 0 Å². The summed E-state index contributed by atoms with van der Waals surface area (Å²) >= 11 is 0. The fourth-order valence-corrected chi connectivity index (χ4v) is 8.92. The summed E-state index contributed by atoms with van der Waals surface area (Å²) in [6.45, 7) is 19.8. The Kier molecular flexibility index (Phi) is 8.86. The van der Waals surface area contributed by atoms with E-state index in [0.29, 0.717) is 16.6 Å². The van der Waals surface area contributed by atoms with Crippen LogP contribution in [0.1, 0.15) is 75.2 Å². The molecule has 0 aromatic rings. The molecular formula is C18H35NOSSi. The van der Waals surface area contributed by atoms with Gasteiger partial charge < -0.3 is 0 Å². The molecule has 2 nitrogen and oxygen atoms in total. The minimum absolute atomic E-state index is 0.281. The van der Waals surface area contributed by atoms with Gasteiger partial charge in [0.15, 0.2) is 0 Å². The molecule has 0 aliphatic carbocycles. The molecule has 0 heterocycles. The first-order valence-corrected chi connectivity index (χ1v) is 11.7. The second kappa shape index (κ2) is 9.03. The fourth-order valence-electron chi connectivity index (χ4n) is 3.06. The van der Waals surface area contributed by atoms with Gasteiger partial charge in [-0.2, -0.15) is 4.40 Å². The summed E-state index contributed by atoms with van der Waals surface area (Å²) in [7, 11) is -2.76. The van der Waals surface area contributed by atoms with Crippen molar-refractivity contribution < 1.29 is 4.21 Å². The van der Waals surface area contributed by atoms with Gasteiger partial charge in [0.2, 0.25) is 0 Å². The van der Waals surface area contributed by atoms with Gasteiger partial charge in [0.05, 0.1) is 4.75 Å². The number of hydrogen-bond donors (Lipinski definition) is 0. The normalized spacial score (nSPS) is 14.7. The Morgan fingerprint density at radius 1 is 1.05 bits per heavy atom. The summed E-state index contributed by atoms with van der Waals surface area (Å²) in [5.74, 6) is 3.40. The SMILES string of the molecule is CC(C)[Si](C#CCCC=NS(=O)C(C)(C)C)(C(C)C)C(C)C. The lowest BCUT2D eigenvalue weighted by Crippen LogP contribution is -2.43. The van der Waals surface area contributed by atoms with Gasteiger partial charge in [-0.1, -0.05) is 41.5 Å². The van der Waals surface area contributed by atoms with E-state index >= 15 is 0 Å². The third-order valence-corrected chi connectivity index (χ3v) is 12.0. The molecule has 1 atom stereocenters. The number of nitrogens with zero attached hydrogens (tertiary/aromatic N) is 1. The molecule has 0 radical (unpaired) electrons. The Hall–Kier alpha value is -0.403. The number of hydrogen-bond acceptors (Lipinski definition) is 1. The van der Waals surface area contributed by atoms with E-state index in [-0.39, 0.29) is 4.75 Å². The summed E-state index contributed by atoms with van der Waals surface area (Å²) in [6, 6.07) is 0. The second-order valence-corrected chi connectivity index (χ2v) is 15.4. The molecule has 22 heavy (non-hydrogen) atoms. The van der Waals surface area contributed by atoms with Crippen LogP contribution in [0.2, 0.25) is 16.6 Å². The number of unbranched alkanes of at least 4 members (excludes halogenated alkanes) is 1. The highest BCUT2D eigenvalue weighted by atomic mass is 32.2. The average Bonchev–Trinajstić information content (AvgIpc) is 2.34. The van der Waals surface area contributed by atoms with Crippen LogP contribution in [0.4, 0.5) is 0 Å². The minimum atomic E-state index is -1.61. The van der Waals surface area contributed by atoms with Crippen molar-refractivity contribution in [2.24, 2.45) is 4.40 Å². The van der Waals surface area contributed by atoms with Gasteiger partial charge in [-0.15, -0.1) is 11.5 Å². The van der Waals surface area contributed by atoms with E-state index in [1.807, 2.05) is 20.8 Å². The van der Waals surface area contributed by atoms with Crippen LogP contribution in [0, 0.1) is 11.5 Å².